The van der Waals surface area contributed by atoms with Crippen LogP contribution in [0.2, 0.25) is 0 Å². The molecule has 4 aromatic rings. The number of aromatic nitrogens is 4. The molecule has 3 amide bonds. The van der Waals surface area contributed by atoms with E-state index in [1.807, 2.05) is 31.2 Å². The number of alkyl carbamates (subject to hydrolysis) is 2. The number of amides is 3. The van der Waals surface area contributed by atoms with Crippen LogP contribution in [0, 0.1) is 0 Å². The fourth-order valence-electron chi connectivity index (χ4n) is 6.01. The van der Waals surface area contributed by atoms with Crippen molar-refractivity contribution in [3.05, 3.63) is 72.1 Å². The topological polar surface area (TPSA) is 183 Å². The SMILES string of the molecule is COC(=O)N[C@@H](C)C(=O)CN[C@@H](C)c1ncc(-c2ccc(-c3ccc(-c4nc([C@@H]5CCCN5C(=O)[C@H](C)NC(=O)OC)[nH]c4C(F)(F)F)cc3)cc2)[nH]1. The molecule has 0 aliphatic carbocycles. The molecule has 0 radical (unpaired) electrons. The molecule has 5 N–H and O–H groups in total. The van der Waals surface area contributed by atoms with E-state index in [1.165, 1.54) is 26.0 Å². The molecule has 2 aromatic heterocycles. The first-order valence-corrected chi connectivity index (χ1v) is 16.9. The average Bonchev–Trinajstić information content (AvgIpc) is 3.93. The van der Waals surface area contributed by atoms with Crippen LogP contribution >= 0.6 is 0 Å². The molecule has 14 nitrogen and oxygen atoms in total. The van der Waals surface area contributed by atoms with Gasteiger partial charge < -0.3 is 40.3 Å². The summed E-state index contributed by atoms with van der Waals surface area (Å²) in [7, 11) is 2.39. The number of aromatic amines is 2. The Morgan fingerprint density at radius 3 is 2.02 bits per heavy atom. The molecule has 2 aromatic carbocycles. The number of halogens is 3. The van der Waals surface area contributed by atoms with Crippen LogP contribution in [-0.2, 0) is 25.2 Å². The molecule has 53 heavy (non-hydrogen) atoms. The van der Waals surface area contributed by atoms with Crippen LogP contribution in [0.25, 0.3) is 33.6 Å². The number of carbonyl (C=O) groups is 4. The van der Waals surface area contributed by atoms with Crippen molar-refractivity contribution in [1.29, 1.82) is 0 Å². The minimum Gasteiger partial charge on any atom is -0.453 e. The third kappa shape index (κ3) is 9.03. The molecule has 4 atom stereocenters. The van der Waals surface area contributed by atoms with Gasteiger partial charge in [0.25, 0.3) is 0 Å². The molecule has 1 aliphatic rings. The first-order chi connectivity index (χ1) is 25.2. The summed E-state index contributed by atoms with van der Waals surface area (Å²) in [5.74, 6) is -0.0477. The Balaban J connectivity index is 1.27. The monoisotopic (exact) mass is 738 g/mol. The third-order valence-electron chi connectivity index (χ3n) is 9.03. The Kier molecular flexibility index (Phi) is 11.9. The van der Waals surface area contributed by atoms with Gasteiger partial charge in [-0.25, -0.2) is 19.6 Å². The van der Waals surface area contributed by atoms with Gasteiger partial charge in [0.1, 0.15) is 29.1 Å². The minimum atomic E-state index is -4.73. The van der Waals surface area contributed by atoms with Gasteiger partial charge in [0.15, 0.2) is 5.78 Å². The molecule has 282 valence electrons. The number of nitrogens with one attached hydrogen (secondary N) is 5. The van der Waals surface area contributed by atoms with Gasteiger partial charge >= 0.3 is 18.4 Å². The summed E-state index contributed by atoms with van der Waals surface area (Å²) in [5, 5.41) is 7.93. The molecule has 3 heterocycles. The minimum absolute atomic E-state index is 0.00577. The highest BCUT2D eigenvalue weighted by molar-refractivity contribution is 5.88. The molecule has 0 bridgehead atoms. The van der Waals surface area contributed by atoms with Crippen molar-refractivity contribution in [2.45, 2.75) is 64.0 Å². The summed E-state index contributed by atoms with van der Waals surface area (Å²) in [5.41, 5.74) is 2.16. The van der Waals surface area contributed by atoms with Crippen molar-refractivity contribution in [3.63, 3.8) is 0 Å². The van der Waals surface area contributed by atoms with E-state index in [9.17, 15) is 32.3 Å². The lowest BCUT2D eigenvalue weighted by Crippen LogP contribution is -2.46. The van der Waals surface area contributed by atoms with E-state index in [0.717, 1.165) is 22.4 Å². The molecule has 17 heteroatoms. The lowest BCUT2D eigenvalue weighted by atomic mass is 10.0. The number of alkyl halides is 3. The van der Waals surface area contributed by atoms with Gasteiger partial charge in [0.2, 0.25) is 5.91 Å². The highest BCUT2D eigenvalue weighted by Crippen LogP contribution is 2.40. The number of ether oxygens (including phenoxy) is 2. The number of H-pyrrole nitrogens is 2. The Bertz CT molecular complexity index is 1930. The third-order valence-corrected chi connectivity index (χ3v) is 9.03. The number of ketones is 1. The molecule has 1 saturated heterocycles. The lowest BCUT2D eigenvalue weighted by molar-refractivity contribution is -0.140. The predicted octanol–water partition coefficient (Wildman–Crippen LogP) is 5.52. The van der Waals surface area contributed by atoms with Crippen molar-refractivity contribution in [2.75, 3.05) is 27.3 Å². The van der Waals surface area contributed by atoms with Gasteiger partial charge in [-0.15, -0.1) is 0 Å². The molecule has 0 saturated carbocycles. The second-order valence-electron chi connectivity index (χ2n) is 12.7. The molecule has 1 aliphatic heterocycles. The normalized spacial score (nSPS) is 16.1. The van der Waals surface area contributed by atoms with Gasteiger partial charge in [-0.1, -0.05) is 48.5 Å². The molecular weight excluding hydrogens is 697 g/mol. The Morgan fingerprint density at radius 2 is 1.43 bits per heavy atom. The van der Waals surface area contributed by atoms with Crippen LogP contribution in [0.5, 0.6) is 0 Å². The first kappa shape index (κ1) is 38.5. The largest absolute Gasteiger partial charge is 0.453 e. The summed E-state index contributed by atoms with van der Waals surface area (Å²) in [6.07, 6.45) is -3.57. The molecule has 0 spiro atoms. The number of benzene rings is 2. The fraction of sp³-hybridized carbons (Fsp3) is 0.389. The smallest absolute Gasteiger partial charge is 0.433 e. The number of nitrogens with zero attached hydrogens (tertiary/aromatic N) is 3. The van der Waals surface area contributed by atoms with Gasteiger partial charge in [0, 0.05) is 12.1 Å². The van der Waals surface area contributed by atoms with E-state index < -0.39 is 48.1 Å². The second-order valence-corrected chi connectivity index (χ2v) is 12.7. The quantitative estimate of drug-likeness (QED) is 0.125. The molecule has 1 fully saturated rings. The van der Waals surface area contributed by atoms with Gasteiger partial charge in [-0.3, -0.25) is 9.59 Å². The Morgan fingerprint density at radius 1 is 0.868 bits per heavy atom. The van der Waals surface area contributed by atoms with E-state index in [4.69, 9.17) is 0 Å². The molecule has 0 unspecified atom stereocenters. The Hall–Kier alpha value is -5.71. The number of rotatable bonds is 12. The number of Topliss-reactive ketones (excluding diaryl/α,β-unsaturated/α-hetero) is 1. The van der Waals surface area contributed by atoms with Crippen LogP contribution < -0.4 is 16.0 Å². The van der Waals surface area contributed by atoms with Crippen LogP contribution in [0.3, 0.4) is 0 Å². The lowest BCUT2D eigenvalue weighted by Gasteiger charge is -2.26. The number of likely N-dealkylation sites (tertiary alicyclic amines) is 1. The zero-order valence-electron chi connectivity index (χ0n) is 29.8. The highest BCUT2D eigenvalue weighted by atomic mass is 19.4. The number of imidazole rings is 2. The summed E-state index contributed by atoms with van der Waals surface area (Å²) in [6.45, 7) is 5.21. The van der Waals surface area contributed by atoms with Gasteiger partial charge in [-0.05, 0) is 50.3 Å². The van der Waals surface area contributed by atoms with Gasteiger partial charge in [0.05, 0.1) is 50.8 Å². The molecular formula is C36H41F3N8O6. The summed E-state index contributed by atoms with van der Waals surface area (Å²) in [6, 6.07) is 11.4. The van der Waals surface area contributed by atoms with Gasteiger partial charge in [-0.2, -0.15) is 13.2 Å². The standard InChI is InChI=1S/C36H41F3N8O6/c1-19(42-34(50)52-4)28(48)18-40-20(2)31-41-17-26(44-31)24-12-8-22(9-13-24)23-10-14-25(15-11-23)29-30(36(37,38)39)46-32(45-29)27-7-6-16-47(27)33(49)21(3)43-35(51)53-5/h8-15,17,19-21,27,40H,6-7,16,18H2,1-5H3,(H,41,44)(H,42,50)(H,43,51)(H,45,46)/t19-,20-,21-,27-/m0/s1. The van der Waals surface area contributed by atoms with E-state index in [1.54, 1.807) is 37.4 Å². The zero-order chi connectivity index (χ0) is 38.4. The first-order valence-electron chi connectivity index (χ1n) is 16.9. The summed E-state index contributed by atoms with van der Waals surface area (Å²) >= 11 is 0. The van der Waals surface area contributed by atoms with Crippen molar-refractivity contribution in [1.82, 2.24) is 40.8 Å². The number of hydrogen-bond acceptors (Lipinski definition) is 9. The average molecular weight is 739 g/mol. The van der Waals surface area contributed by atoms with Crippen LogP contribution in [0.4, 0.5) is 22.8 Å². The zero-order valence-corrected chi connectivity index (χ0v) is 29.8. The fourth-order valence-corrected chi connectivity index (χ4v) is 6.01. The van der Waals surface area contributed by atoms with Crippen LogP contribution in [-0.4, -0.2) is 88.1 Å². The number of carbonyl (C=O) groups excluding carboxylic acids is 4. The summed E-state index contributed by atoms with van der Waals surface area (Å²) in [4.78, 5) is 64.4. The van der Waals surface area contributed by atoms with E-state index in [2.05, 4.69) is 45.4 Å². The maximum absolute atomic E-state index is 14.3. The predicted molar refractivity (Wildman–Crippen MR) is 187 cm³/mol. The van der Waals surface area contributed by atoms with E-state index in [-0.39, 0.29) is 35.5 Å². The highest BCUT2D eigenvalue weighted by Gasteiger charge is 2.41. The molecule has 5 rings (SSSR count). The van der Waals surface area contributed by atoms with E-state index >= 15 is 0 Å². The Labute approximate surface area is 303 Å². The van der Waals surface area contributed by atoms with Crippen molar-refractivity contribution in [3.8, 4) is 33.6 Å². The van der Waals surface area contributed by atoms with Crippen molar-refractivity contribution < 1.29 is 41.8 Å². The maximum Gasteiger partial charge on any atom is 0.433 e. The summed E-state index contributed by atoms with van der Waals surface area (Å²) < 4.78 is 51.9. The van der Waals surface area contributed by atoms with Crippen LogP contribution in [0.15, 0.2) is 54.7 Å². The second kappa shape index (κ2) is 16.3. The van der Waals surface area contributed by atoms with Crippen LogP contribution in [0.1, 0.15) is 63.0 Å². The van der Waals surface area contributed by atoms with Crippen molar-refractivity contribution in [2.24, 2.45) is 0 Å². The number of hydrogen-bond donors (Lipinski definition) is 5. The van der Waals surface area contributed by atoms with E-state index in [0.29, 0.717) is 25.2 Å². The maximum atomic E-state index is 14.3. The number of methoxy groups -OCH3 is 2. The van der Waals surface area contributed by atoms with Crippen molar-refractivity contribution >= 4 is 23.9 Å².